The van der Waals surface area contributed by atoms with Gasteiger partial charge in [-0.3, -0.25) is 0 Å². The van der Waals surface area contributed by atoms with E-state index in [-0.39, 0.29) is 6.04 Å². The third-order valence-corrected chi connectivity index (χ3v) is 2.68. The molecule has 2 heterocycles. The van der Waals surface area contributed by atoms with Crippen molar-refractivity contribution >= 4 is 0 Å². The summed E-state index contributed by atoms with van der Waals surface area (Å²) < 4.78 is 7.46. The molecule has 1 atom stereocenters. The van der Waals surface area contributed by atoms with Crippen LogP contribution in [-0.4, -0.2) is 9.55 Å². The Balaban J connectivity index is 1.92. The summed E-state index contributed by atoms with van der Waals surface area (Å²) in [6, 6.07) is 4.08. The maximum atomic E-state index is 5.33. The van der Waals surface area contributed by atoms with E-state index in [9.17, 15) is 0 Å². The molecule has 0 fully saturated rings. The van der Waals surface area contributed by atoms with Crippen molar-refractivity contribution in [3.8, 4) is 0 Å². The highest BCUT2D eigenvalue weighted by atomic mass is 16.3. The average Bonchev–Trinajstić information content (AvgIpc) is 2.96. The van der Waals surface area contributed by atoms with Gasteiger partial charge >= 0.3 is 0 Å². The molecule has 2 aromatic heterocycles. The maximum absolute atomic E-state index is 5.33. The molecular formula is C12H17N3O. The van der Waals surface area contributed by atoms with Crippen molar-refractivity contribution in [2.45, 2.75) is 33.0 Å². The number of nitrogens with zero attached hydrogens (tertiary/aromatic N) is 2. The van der Waals surface area contributed by atoms with Crippen molar-refractivity contribution in [2.75, 3.05) is 0 Å². The van der Waals surface area contributed by atoms with Crippen molar-refractivity contribution in [3.63, 3.8) is 0 Å². The van der Waals surface area contributed by atoms with Gasteiger partial charge in [-0.1, -0.05) is 0 Å². The number of aromatic nitrogens is 2. The molecule has 0 saturated carbocycles. The third-order valence-electron chi connectivity index (χ3n) is 2.68. The number of rotatable bonds is 5. The minimum atomic E-state index is 0.206. The molecule has 1 N–H and O–H groups in total. The largest absolute Gasteiger partial charge is 0.468 e. The predicted molar refractivity (Wildman–Crippen MR) is 61.9 cm³/mol. The molecule has 4 nitrogen and oxygen atoms in total. The van der Waals surface area contributed by atoms with E-state index in [0.29, 0.717) is 0 Å². The van der Waals surface area contributed by atoms with Crippen LogP contribution in [0.1, 0.15) is 31.5 Å². The van der Waals surface area contributed by atoms with Gasteiger partial charge in [0.15, 0.2) is 0 Å². The van der Waals surface area contributed by atoms with E-state index in [2.05, 4.69) is 28.7 Å². The molecule has 0 radical (unpaired) electrons. The Kier molecular flexibility index (Phi) is 3.41. The monoisotopic (exact) mass is 219 g/mol. The lowest BCUT2D eigenvalue weighted by Gasteiger charge is -2.11. The second-order valence-corrected chi connectivity index (χ2v) is 3.75. The molecule has 2 rings (SSSR count). The van der Waals surface area contributed by atoms with Gasteiger partial charge in [-0.05, 0) is 26.0 Å². The molecule has 0 unspecified atom stereocenters. The SMILES string of the molecule is CCn1ccnc1CN[C@@H](C)c1ccco1. The van der Waals surface area contributed by atoms with Crippen LogP contribution in [0.15, 0.2) is 35.2 Å². The van der Waals surface area contributed by atoms with Crippen LogP contribution >= 0.6 is 0 Å². The van der Waals surface area contributed by atoms with Gasteiger partial charge in [0.05, 0.1) is 18.8 Å². The van der Waals surface area contributed by atoms with Crippen LogP contribution in [0.25, 0.3) is 0 Å². The Bertz CT molecular complexity index is 419. The Labute approximate surface area is 95.3 Å². The smallest absolute Gasteiger partial charge is 0.122 e. The molecule has 0 aliphatic carbocycles. The fraction of sp³-hybridized carbons (Fsp3) is 0.417. The molecule has 2 aromatic rings. The first-order chi connectivity index (χ1) is 7.81. The molecule has 0 spiro atoms. The zero-order chi connectivity index (χ0) is 11.4. The van der Waals surface area contributed by atoms with Crippen LogP contribution in [-0.2, 0) is 13.1 Å². The summed E-state index contributed by atoms with van der Waals surface area (Å²) in [6.45, 7) is 5.90. The normalized spacial score (nSPS) is 12.9. The summed E-state index contributed by atoms with van der Waals surface area (Å²) in [7, 11) is 0. The molecule has 16 heavy (non-hydrogen) atoms. The zero-order valence-electron chi connectivity index (χ0n) is 9.68. The van der Waals surface area contributed by atoms with E-state index in [0.717, 1.165) is 24.7 Å². The van der Waals surface area contributed by atoms with Crippen LogP contribution in [0.4, 0.5) is 0 Å². The van der Waals surface area contributed by atoms with Crippen LogP contribution in [0.3, 0.4) is 0 Å². The van der Waals surface area contributed by atoms with Crippen LogP contribution in [0.5, 0.6) is 0 Å². The lowest BCUT2D eigenvalue weighted by molar-refractivity contribution is 0.424. The first kappa shape index (κ1) is 11.0. The summed E-state index contributed by atoms with van der Waals surface area (Å²) in [5.41, 5.74) is 0. The van der Waals surface area contributed by atoms with Gasteiger partial charge < -0.3 is 14.3 Å². The maximum Gasteiger partial charge on any atom is 0.122 e. The molecule has 4 heteroatoms. The summed E-state index contributed by atoms with van der Waals surface area (Å²) >= 11 is 0. The van der Waals surface area contributed by atoms with E-state index in [1.807, 2.05) is 24.5 Å². The first-order valence-electron chi connectivity index (χ1n) is 5.58. The van der Waals surface area contributed by atoms with Gasteiger partial charge in [0.25, 0.3) is 0 Å². The molecule has 0 aliphatic heterocycles. The number of hydrogen-bond acceptors (Lipinski definition) is 3. The van der Waals surface area contributed by atoms with E-state index in [1.165, 1.54) is 0 Å². The number of imidazole rings is 1. The van der Waals surface area contributed by atoms with Crippen LogP contribution in [0.2, 0.25) is 0 Å². The highest BCUT2D eigenvalue weighted by molar-refractivity contribution is 5.03. The number of hydrogen-bond donors (Lipinski definition) is 1. The van der Waals surface area contributed by atoms with E-state index in [1.54, 1.807) is 6.26 Å². The molecule has 0 amide bonds. The van der Waals surface area contributed by atoms with Gasteiger partial charge in [0.2, 0.25) is 0 Å². The van der Waals surface area contributed by atoms with Gasteiger partial charge in [-0.15, -0.1) is 0 Å². The summed E-state index contributed by atoms with van der Waals surface area (Å²) in [5.74, 6) is 2.01. The Morgan fingerprint density at radius 2 is 2.44 bits per heavy atom. The van der Waals surface area contributed by atoms with Crippen molar-refractivity contribution in [1.29, 1.82) is 0 Å². The molecule has 0 bridgehead atoms. The number of furan rings is 1. The van der Waals surface area contributed by atoms with Crippen LogP contribution in [0, 0.1) is 0 Å². The molecular weight excluding hydrogens is 202 g/mol. The lowest BCUT2D eigenvalue weighted by Crippen LogP contribution is -2.20. The summed E-state index contributed by atoms with van der Waals surface area (Å²) in [6.07, 6.45) is 5.52. The quantitative estimate of drug-likeness (QED) is 0.839. The fourth-order valence-electron chi connectivity index (χ4n) is 1.68. The van der Waals surface area contributed by atoms with Gasteiger partial charge in [-0.2, -0.15) is 0 Å². The Morgan fingerprint density at radius 1 is 1.56 bits per heavy atom. The highest BCUT2D eigenvalue weighted by Crippen LogP contribution is 2.12. The Hall–Kier alpha value is -1.55. The minimum absolute atomic E-state index is 0.206. The van der Waals surface area contributed by atoms with E-state index >= 15 is 0 Å². The predicted octanol–water partition coefficient (Wildman–Crippen LogP) is 2.35. The van der Waals surface area contributed by atoms with Gasteiger partial charge in [0.1, 0.15) is 11.6 Å². The second-order valence-electron chi connectivity index (χ2n) is 3.75. The molecule has 0 aromatic carbocycles. The molecule has 0 saturated heterocycles. The van der Waals surface area contributed by atoms with Crippen molar-refractivity contribution in [1.82, 2.24) is 14.9 Å². The number of aryl methyl sites for hydroxylation is 1. The van der Waals surface area contributed by atoms with E-state index in [4.69, 9.17) is 4.42 Å². The van der Waals surface area contributed by atoms with Crippen molar-refractivity contribution in [2.24, 2.45) is 0 Å². The minimum Gasteiger partial charge on any atom is -0.468 e. The van der Waals surface area contributed by atoms with Crippen LogP contribution < -0.4 is 5.32 Å². The van der Waals surface area contributed by atoms with Crippen molar-refractivity contribution < 1.29 is 4.42 Å². The fourth-order valence-corrected chi connectivity index (χ4v) is 1.68. The Morgan fingerprint density at radius 3 is 3.12 bits per heavy atom. The first-order valence-corrected chi connectivity index (χ1v) is 5.58. The van der Waals surface area contributed by atoms with Gasteiger partial charge in [0, 0.05) is 18.9 Å². The molecule has 86 valence electrons. The van der Waals surface area contributed by atoms with Crippen molar-refractivity contribution in [3.05, 3.63) is 42.4 Å². The number of nitrogens with one attached hydrogen (secondary N) is 1. The van der Waals surface area contributed by atoms with Gasteiger partial charge in [-0.25, -0.2) is 4.98 Å². The standard InChI is InChI=1S/C12H17N3O/c1-3-15-7-6-13-12(15)9-14-10(2)11-5-4-8-16-11/h4-8,10,14H,3,9H2,1-2H3/t10-/m0/s1. The summed E-state index contributed by atoms with van der Waals surface area (Å²) in [5, 5.41) is 3.39. The highest BCUT2D eigenvalue weighted by Gasteiger charge is 2.08. The average molecular weight is 219 g/mol. The zero-order valence-corrected chi connectivity index (χ0v) is 9.68. The second kappa shape index (κ2) is 4.99. The van der Waals surface area contributed by atoms with E-state index < -0.39 is 0 Å². The lowest BCUT2D eigenvalue weighted by atomic mass is 10.2. The molecule has 0 aliphatic rings. The topological polar surface area (TPSA) is 43.0 Å². The summed E-state index contributed by atoms with van der Waals surface area (Å²) in [4.78, 5) is 4.31. The third kappa shape index (κ3) is 2.33.